The topological polar surface area (TPSA) is 318 Å². The molecule has 0 saturated heterocycles. The van der Waals surface area contributed by atoms with E-state index < -0.39 is 47.9 Å². The van der Waals surface area contributed by atoms with Crippen LogP contribution in [0.1, 0.15) is 181 Å². The summed E-state index contributed by atoms with van der Waals surface area (Å²) in [5.74, 6) is 1.28. The number of anilines is 3. The third-order valence-corrected chi connectivity index (χ3v) is 16.2. The molecule has 3 amide bonds. The maximum absolute atomic E-state index is 15.1. The number of halogens is 1. The number of carbonyl (C=O) groups is 3. The second-order valence-electron chi connectivity index (χ2n) is 26.7. The van der Waals surface area contributed by atoms with Gasteiger partial charge in [-0.3, -0.25) is 29.7 Å². The molecule has 9 aromatic rings. The molecule has 0 aliphatic carbocycles. The van der Waals surface area contributed by atoms with E-state index in [1.165, 1.54) is 27.8 Å². The summed E-state index contributed by atoms with van der Waals surface area (Å²) < 4.78 is 50.3. The maximum atomic E-state index is 15.1. The summed E-state index contributed by atoms with van der Waals surface area (Å²) in [5, 5.41) is 65.5. The highest BCUT2D eigenvalue weighted by Gasteiger charge is 2.33. The normalized spacial score (nSPS) is 12.7. The molecule has 4 heterocycles. The predicted molar refractivity (Wildman–Crippen MR) is 393 cm³/mol. The van der Waals surface area contributed by atoms with Gasteiger partial charge in [0.2, 0.25) is 0 Å². The van der Waals surface area contributed by atoms with Gasteiger partial charge >= 0.3 is 18.3 Å². The van der Waals surface area contributed by atoms with E-state index in [0.717, 1.165) is 27.8 Å². The molecule has 10 rings (SSSR count). The molecule has 0 spiro atoms. The largest absolute Gasteiger partial charge is 0.487 e. The lowest BCUT2D eigenvalue weighted by Crippen LogP contribution is -2.37. The van der Waals surface area contributed by atoms with Crippen molar-refractivity contribution in [2.24, 2.45) is 0 Å². The van der Waals surface area contributed by atoms with Gasteiger partial charge in [0.15, 0.2) is 0 Å². The van der Waals surface area contributed by atoms with E-state index in [4.69, 9.17) is 54.7 Å². The monoisotopic (exact) mass is 1420 g/mol. The van der Waals surface area contributed by atoms with E-state index in [-0.39, 0.29) is 45.0 Å². The van der Waals surface area contributed by atoms with Crippen molar-refractivity contribution in [1.29, 1.82) is 31.6 Å². The third-order valence-electron chi connectivity index (χ3n) is 16.2. The summed E-state index contributed by atoms with van der Waals surface area (Å²) >= 11 is 0. The van der Waals surface area contributed by atoms with Crippen molar-refractivity contribution in [3.05, 3.63) is 265 Å². The Balaban J connectivity index is 0.000000201. The van der Waals surface area contributed by atoms with E-state index in [1.54, 1.807) is 196 Å². The number of aromatic nitrogens is 3. The Morgan fingerprint density at radius 1 is 0.547 bits per heavy atom. The van der Waals surface area contributed by atoms with Crippen LogP contribution < -0.4 is 28.9 Å². The van der Waals surface area contributed by atoms with Gasteiger partial charge in [-0.05, 0) is 215 Å². The Kier molecular flexibility index (Phi) is 26.4. The first-order chi connectivity index (χ1) is 50.5. The quantitative estimate of drug-likeness (QED) is 0.0780. The number of nitriles is 6. The molecule has 538 valence electrons. The van der Waals surface area contributed by atoms with Crippen molar-refractivity contribution >= 4 is 35.3 Å². The highest BCUT2D eigenvalue weighted by Crippen LogP contribution is 2.40. The van der Waals surface area contributed by atoms with Gasteiger partial charge in [0, 0.05) is 63.5 Å². The first-order valence-electron chi connectivity index (χ1n) is 33.7. The van der Waals surface area contributed by atoms with Gasteiger partial charge in [-0.25, -0.2) is 18.8 Å². The minimum atomic E-state index is -1.42. The van der Waals surface area contributed by atoms with Crippen LogP contribution in [0.2, 0.25) is 0 Å². The number of cyclic esters (lactones) is 1. The van der Waals surface area contributed by atoms with E-state index in [9.17, 15) is 24.8 Å². The smallest absolute Gasteiger partial charge is 0.415 e. The standard InChI is InChI=1S/C29H29FN4O3.C29H30N4O4.C25H20N4O3/c1-19(30)26-24(16-33-20(2)27(26)36-18-23-8-6-7-22(13-23)15-32)17-34(28(35)37-29(3,4)5)25-11-9-21(14-31)10-12-25;1-19-27(36-18-23-8-6-7-22(13-23)15-31)26(20(2)34)24(16-32-19)17-33(28(35)37-29(3,4)5)25-11-9-21(14-30)10-12-25;1-16-24(31-15-20-5-3-4-19(10-20)12-27)23-17(2)32-25(30)29(14-21(23)13-28-16)22-8-6-18(11-26)7-9-22/h6-13,16,19H,17-18H2,1-5H3;6-13,16,20,34H,17-18H2,1-5H3;3-10,13,17H,14-15H2,1-2H3. The Bertz CT molecular complexity index is 4720. The number of hydrogen-bond acceptors (Lipinski definition) is 19. The zero-order chi connectivity index (χ0) is 77.0. The molecule has 0 bridgehead atoms. The number of carbonyl (C=O) groups excluding carboxylic acids is 3. The average Bonchev–Trinajstić information content (AvgIpc) is 1.47. The molecule has 1 aliphatic heterocycles. The highest BCUT2D eigenvalue weighted by molar-refractivity contribution is 5.90. The van der Waals surface area contributed by atoms with Gasteiger partial charge in [0.25, 0.3) is 0 Å². The fraction of sp³-hybridized carbons (Fsp3) is 0.277. The summed E-state index contributed by atoms with van der Waals surface area (Å²) in [7, 11) is 0. The van der Waals surface area contributed by atoms with Gasteiger partial charge in [-0.2, -0.15) is 31.6 Å². The van der Waals surface area contributed by atoms with Crippen molar-refractivity contribution in [3.63, 3.8) is 0 Å². The number of aliphatic hydroxyl groups excluding tert-OH is 1. The molecule has 22 nitrogen and oxygen atoms in total. The molecule has 3 unspecified atom stereocenters. The average molecular weight is 1420 g/mol. The number of hydrogen-bond donors (Lipinski definition) is 1. The van der Waals surface area contributed by atoms with Crippen LogP contribution >= 0.6 is 0 Å². The molecule has 0 fully saturated rings. The first-order valence-corrected chi connectivity index (χ1v) is 33.7. The second kappa shape index (κ2) is 35.6. The molecule has 3 atom stereocenters. The number of pyridine rings is 3. The van der Waals surface area contributed by atoms with E-state index >= 15 is 4.39 Å². The molecule has 1 aliphatic rings. The number of aliphatic hydroxyl groups is 1. The van der Waals surface area contributed by atoms with Crippen LogP contribution in [0.3, 0.4) is 0 Å². The van der Waals surface area contributed by atoms with Gasteiger partial charge in [0.05, 0.1) is 113 Å². The Hall–Kier alpha value is -13.2. The minimum Gasteiger partial charge on any atom is -0.487 e. The number of nitrogens with zero attached hydrogens (tertiary/aromatic N) is 12. The number of amides is 3. The molecule has 0 saturated carbocycles. The van der Waals surface area contributed by atoms with Crippen LogP contribution in [-0.4, -0.2) is 49.5 Å². The van der Waals surface area contributed by atoms with Crippen molar-refractivity contribution < 1.29 is 52.3 Å². The van der Waals surface area contributed by atoms with E-state index in [2.05, 4.69) is 51.4 Å². The number of aryl methyl sites for hydroxylation is 3. The molecule has 1 N–H and O–H groups in total. The lowest BCUT2D eigenvalue weighted by atomic mass is 10.0. The summed E-state index contributed by atoms with van der Waals surface area (Å²) in [6, 6.07) is 53.7. The Morgan fingerprint density at radius 2 is 0.906 bits per heavy atom. The van der Waals surface area contributed by atoms with E-state index in [1.807, 2.05) is 38.1 Å². The van der Waals surface area contributed by atoms with Crippen LogP contribution in [-0.2, 0) is 53.7 Å². The SMILES string of the molecule is Cc1ncc(CN(C(=O)OC(C)(C)C)c2ccc(C#N)cc2)c(C(C)F)c1OCc1cccc(C#N)c1.Cc1ncc(CN(C(=O)OC(C)(C)C)c2ccc(C#N)cc2)c(C(C)O)c1OCc1cccc(C#N)c1.Cc1ncc2c(c1OCc1cccc(C#N)c1)C(C)OC(=O)N(c1ccc(C#N)cc1)C2. The number of ether oxygens (including phenoxy) is 6. The Morgan fingerprint density at radius 3 is 1.28 bits per heavy atom. The molecule has 0 radical (unpaired) electrons. The summed E-state index contributed by atoms with van der Waals surface area (Å²) in [6.07, 6.45) is 0.329. The summed E-state index contributed by atoms with van der Waals surface area (Å²) in [6.45, 7) is 21.6. The molecule has 106 heavy (non-hydrogen) atoms. The van der Waals surface area contributed by atoms with E-state index in [0.29, 0.717) is 101 Å². The van der Waals surface area contributed by atoms with Crippen LogP contribution in [0, 0.1) is 88.8 Å². The summed E-state index contributed by atoms with van der Waals surface area (Å²) in [4.78, 5) is 56.9. The van der Waals surface area contributed by atoms with Gasteiger partial charge in [-0.1, -0.05) is 36.4 Å². The van der Waals surface area contributed by atoms with Crippen LogP contribution in [0.4, 0.5) is 35.8 Å². The molecule has 6 aromatic carbocycles. The van der Waals surface area contributed by atoms with Crippen LogP contribution in [0.15, 0.2) is 164 Å². The van der Waals surface area contributed by atoms with Crippen molar-refractivity contribution in [3.8, 4) is 53.7 Å². The number of alkyl halides is 1. The number of fused-ring (bicyclic) bond motifs is 1. The zero-order valence-electron chi connectivity index (χ0n) is 60.9. The lowest BCUT2D eigenvalue weighted by Gasteiger charge is -2.29. The minimum absolute atomic E-state index is 0.0298. The van der Waals surface area contributed by atoms with Gasteiger partial charge in [-0.15, -0.1) is 0 Å². The maximum Gasteiger partial charge on any atom is 0.415 e. The molecule has 23 heteroatoms. The van der Waals surface area contributed by atoms with Gasteiger partial charge < -0.3 is 33.5 Å². The number of rotatable bonds is 18. The first kappa shape index (κ1) is 78.5. The zero-order valence-corrected chi connectivity index (χ0v) is 60.9. The fourth-order valence-electron chi connectivity index (χ4n) is 11.2. The lowest BCUT2D eigenvalue weighted by molar-refractivity contribution is 0.0566. The Labute approximate surface area is 616 Å². The highest BCUT2D eigenvalue weighted by atomic mass is 19.1. The predicted octanol–water partition coefficient (Wildman–Crippen LogP) is 17.3. The third kappa shape index (κ3) is 21.0. The molecular weight excluding hydrogens is 1340 g/mol. The van der Waals surface area contributed by atoms with Crippen molar-refractivity contribution in [2.75, 3.05) is 14.7 Å². The number of benzene rings is 6. The van der Waals surface area contributed by atoms with Crippen LogP contribution in [0.25, 0.3) is 0 Å². The van der Waals surface area contributed by atoms with Crippen molar-refractivity contribution in [2.45, 2.75) is 152 Å². The molecular formula is C83H79FN12O10. The van der Waals surface area contributed by atoms with Crippen molar-refractivity contribution in [1.82, 2.24) is 15.0 Å². The van der Waals surface area contributed by atoms with Crippen LogP contribution in [0.5, 0.6) is 17.2 Å². The second-order valence-corrected chi connectivity index (χ2v) is 26.7. The fourth-order valence-corrected chi connectivity index (χ4v) is 11.2. The van der Waals surface area contributed by atoms with Gasteiger partial charge in [0.1, 0.15) is 60.5 Å². The molecule has 3 aromatic heterocycles. The summed E-state index contributed by atoms with van der Waals surface area (Å²) in [5.41, 5.74) is 10.8.